The lowest BCUT2D eigenvalue weighted by atomic mass is 10.3. The van der Waals surface area contributed by atoms with Gasteiger partial charge < -0.3 is 9.64 Å². The van der Waals surface area contributed by atoms with E-state index in [1.165, 1.54) is 0 Å². The van der Waals surface area contributed by atoms with Crippen molar-refractivity contribution in [2.75, 3.05) is 13.1 Å². The molecule has 1 fully saturated rings. The summed E-state index contributed by atoms with van der Waals surface area (Å²) in [4.78, 5) is 13.4. The quantitative estimate of drug-likeness (QED) is 0.859. The summed E-state index contributed by atoms with van der Waals surface area (Å²) in [5.74, 6) is 1.08. The molecule has 1 amide bonds. The van der Waals surface area contributed by atoms with Crippen LogP contribution in [0.3, 0.4) is 0 Å². The van der Waals surface area contributed by atoms with Gasteiger partial charge in [0, 0.05) is 23.9 Å². The average Bonchev–Trinajstić information content (AvgIpc) is 2.80. The predicted octanol–water partition coefficient (Wildman–Crippen LogP) is 2.84. The third-order valence-corrected chi connectivity index (χ3v) is 3.45. The maximum Gasteiger partial charge on any atom is 0.222 e. The standard InChI is InChI=1S/C13H16BrNO2/c1-2-13(16)15-8-7-12(9-15)17-11-5-3-10(14)4-6-11/h3-6,12H,2,7-9H2,1H3/t12-/m0/s1. The number of hydrogen-bond donors (Lipinski definition) is 0. The molecule has 1 atom stereocenters. The Kier molecular flexibility index (Phi) is 4.05. The Bertz CT molecular complexity index is 391. The van der Waals surface area contributed by atoms with E-state index in [2.05, 4.69) is 15.9 Å². The predicted molar refractivity (Wildman–Crippen MR) is 70.0 cm³/mol. The van der Waals surface area contributed by atoms with Gasteiger partial charge in [-0.15, -0.1) is 0 Å². The molecule has 2 rings (SSSR count). The molecule has 0 saturated carbocycles. The number of carbonyl (C=O) groups is 1. The molecule has 0 radical (unpaired) electrons. The van der Waals surface area contributed by atoms with Gasteiger partial charge in [0.1, 0.15) is 11.9 Å². The first-order valence-electron chi connectivity index (χ1n) is 5.89. The zero-order valence-corrected chi connectivity index (χ0v) is 11.4. The van der Waals surface area contributed by atoms with E-state index in [-0.39, 0.29) is 12.0 Å². The minimum absolute atomic E-state index is 0.131. The summed E-state index contributed by atoms with van der Waals surface area (Å²) in [7, 11) is 0. The third-order valence-electron chi connectivity index (χ3n) is 2.92. The van der Waals surface area contributed by atoms with E-state index in [9.17, 15) is 4.79 Å². The van der Waals surface area contributed by atoms with Crippen LogP contribution in [0.2, 0.25) is 0 Å². The van der Waals surface area contributed by atoms with Gasteiger partial charge in [-0.3, -0.25) is 4.79 Å². The highest BCUT2D eigenvalue weighted by Crippen LogP contribution is 2.21. The third kappa shape index (κ3) is 3.22. The second kappa shape index (κ2) is 5.54. The number of nitrogens with zero attached hydrogens (tertiary/aromatic N) is 1. The first-order valence-corrected chi connectivity index (χ1v) is 6.68. The number of amides is 1. The monoisotopic (exact) mass is 297 g/mol. The molecule has 1 saturated heterocycles. The van der Waals surface area contributed by atoms with Crippen LogP contribution < -0.4 is 4.74 Å². The van der Waals surface area contributed by atoms with E-state index in [4.69, 9.17) is 4.74 Å². The van der Waals surface area contributed by atoms with Gasteiger partial charge in [-0.05, 0) is 24.3 Å². The molecular weight excluding hydrogens is 282 g/mol. The highest BCUT2D eigenvalue weighted by atomic mass is 79.9. The maximum atomic E-state index is 11.5. The smallest absolute Gasteiger partial charge is 0.222 e. The molecule has 0 aliphatic carbocycles. The lowest BCUT2D eigenvalue weighted by Gasteiger charge is -2.16. The minimum Gasteiger partial charge on any atom is -0.489 e. The van der Waals surface area contributed by atoms with E-state index in [1.807, 2.05) is 36.1 Å². The molecule has 4 heteroatoms. The normalized spacial score (nSPS) is 19.4. The molecule has 1 heterocycles. The van der Waals surface area contributed by atoms with Crippen molar-refractivity contribution in [1.82, 2.24) is 4.90 Å². The molecule has 0 aromatic heterocycles. The average molecular weight is 298 g/mol. The van der Waals surface area contributed by atoms with Crippen LogP contribution in [0.25, 0.3) is 0 Å². The van der Waals surface area contributed by atoms with Crippen LogP contribution >= 0.6 is 15.9 Å². The largest absolute Gasteiger partial charge is 0.489 e. The van der Waals surface area contributed by atoms with Crippen molar-refractivity contribution < 1.29 is 9.53 Å². The summed E-state index contributed by atoms with van der Waals surface area (Å²) in [5, 5.41) is 0. The lowest BCUT2D eigenvalue weighted by molar-refractivity contribution is -0.130. The Labute approximate surface area is 110 Å². The molecule has 92 valence electrons. The van der Waals surface area contributed by atoms with Gasteiger partial charge in [0.25, 0.3) is 0 Å². The summed E-state index contributed by atoms with van der Waals surface area (Å²) in [6, 6.07) is 7.79. The van der Waals surface area contributed by atoms with Gasteiger partial charge in [-0.25, -0.2) is 0 Å². The van der Waals surface area contributed by atoms with Gasteiger partial charge in [-0.2, -0.15) is 0 Å². The van der Waals surface area contributed by atoms with Gasteiger partial charge >= 0.3 is 0 Å². The molecule has 0 spiro atoms. The van der Waals surface area contributed by atoms with Crippen LogP contribution in [0.1, 0.15) is 19.8 Å². The molecule has 17 heavy (non-hydrogen) atoms. The number of ether oxygens (including phenoxy) is 1. The number of halogens is 1. The number of likely N-dealkylation sites (tertiary alicyclic amines) is 1. The lowest BCUT2D eigenvalue weighted by Crippen LogP contribution is -2.30. The van der Waals surface area contributed by atoms with E-state index in [0.29, 0.717) is 13.0 Å². The first kappa shape index (κ1) is 12.4. The molecular formula is C13H16BrNO2. The Morgan fingerprint density at radius 3 is 2.82 bits per heavy atom. The van der Waals surface area contributed by atoms with Gasteiger partial charge in [0.05, 0.1) is 6.54 Å². The van der Waals surface area contributed by atoms with Crippen molar-refractivity contribution in [3.05, 3.63) is 28.7 Å². The van der Waals surface area contributed by atoms with Crippen LogP contribution in [-0.4, -0.2) is 30.0 Å². The molecule has 1 aromatic carbocycles. The van der Waals surface area contributed by atoms with Gasteiger partial charge in [0.15, 0.2) is 0 Å². The topological polar surface area (TPSA) is 29.5 Å². The highest BCUT2D eigenvalue weighted by Gasteiger charge is 2.26. The number of rotatable bonds is 3. The summed E-state index contributed by atoms with van der Waals surface area (Å²) < 4.78 is 6.88. The Morgan fingerprint density at radius 1 is 1.47 bits per heavy atom. The van der Waals surface area contributed by atoms with Crippen LogP contribution in [0.4, 0.5) is 0 Å². The molecule has 3 nitrogen and oxygen atoms in total. The van der Waals surface area contributed by atoms with Crippen molar-refractivity contribution in [1.29, 1.82) is 0 Å². The van der Waals surface area contributed by atoms with Gasteiger partial charge in [0.2, 0.25) is 5.91 Å². The second-order valence-electron chi connectivity index (χ2n) is 4.18. The maximum absolute atomic E-state index is 11.5. The van der Waals surface area contributed by atoms with E-state index >= 15 is 0 Å². The van der Waals surface area contributed by atoms with Crippen molar-refractivity contribution >= 4 is 21.8 Å². The molecule has 1 aliphatic rings. The Hall–Kier alpha value is -1.03. The van der Waals surface area contributed by atoms with Gasteiger partial charge in [-0.1, -0.05) is 22.9 Å². The summed E-state index contributed by atoms with van der Waals surface area (Å²) >= 11 is 3.39. The molecule has 0 unspecified atom stereocenters. The van der Waals surface area contributed by atoms with Crippen LogP contribution in [-0.2, 0) is 4.79 Å². The van der Waals surface area contributed by atoms with Crippen LogP contribution in [0.5, 0.6) is 5.75 Å². The minimum atomic E-state index is 0.131. The SMILES string of the molecule is CCC(=O)N1CC[C@H](Oc2ccc(Br)cc2)C1. The number of hydrogen-bond acceptors (Lipinski definition) is 2. The fraction of sp³-hybridized carbons (Fsp3) is 0.462. The van der Waals surface area contributed by atoms with Crippen molar-refractivity contribution in [2.45, 2.75) is 25.9 Å². The Morgan fingerprint density at radius 2 is 2.18 bits per heavy atom. The summed E-state index contributed by atoms with van der Waals surface area (Å²) in [6.07, 6.45) is 1.62. The molecule has 0 bridgehead atoms. The number of carbonyl (C=O) groups excluding carboxylic acids is 1. The summed E-state index contributed by atoms with van der Waals surface area (Å²) in [6.45, 7) is 3.42. The van der Waals surface area contributed by atoms with Crippen molar-refractivity contribution in [2.24, 2.45) is 0 Å². The molecule has 1 aliphatic heterocycles. The zero-order valence-electron chi connectivity index (χ0n) is 9.86. The fourth-order valence-electron chi connectivity index (χ4n) is 1.98. The molecule has 1 aromatic rings. The van der Waals surface area contributed by atoms with Crippen molar-refractivity contribution in [3.8, 4) is 5.75 Å². The van der Waals surface area contributed by atoms with Crippen molar-refractivity contribution in [3.63, 3.8) is 0 Å². The zero-order chi connectivity index (χ0) is 12.3. The first-order chi connectivity index (χ1) is 8.19. The highest BCUT2D eigenvalue weighted by molar-refractivity contribution is 9.10. The second-order valence-corrected chi connectivity index (χ2v) is 5.09. The van der Waals surface area contributed by atoms with E-state index < -0.39 is 0 Å². The van der Waals surface area contributed by atoms with Crippen LogP contribution in [0.15, 0.2) is 28.7 Å². The number of benzene rings is 1. The van der Waals surface area contributed by atoms with E-state index in [1.54, 1.807) is 0 Å². The summed E-state index contributed by atoms with van der Waals surface area (Å²) in [5.41, 5.74) is 0. The molecule has 0 N–H and O–H groups in total. The fourth-order valence-corrected chi connectivity index (χ4v) is 2.24. The van der Waals surface area contributed by atoms with Crippen LogP contribution in [0, 0.1) is 0 Å². The van der Waals surface area contributed by atoms with E-state index in [0.717, 1.165) is 23.2 Å². The Balaban J connectivity index is 1.89.